The number of nitrogens with one attached hydrogen (secondary N) is 2. The molecule has 0 aliphatic carbocycles. The van der Waals surface area contributed by atoms with Crippen molar-refractivity contribution in [1.29, 1.82) is 5.41 Å². The van der Waals surface area contributed by atoms with E-state index in [2.05, 4.69) is 4.84 Å². The van der Waals surface area contributed by atoms with Crippen LogP contribution in [0, 0.1) is 5.41 Å². The number of hydroxylamine groups is 1. The molecule has 0 aliphatic heterocycles. The highest BCUT2D eigenvalue weighted by Crippen LogP contribution is 2.10. The minimum atomic E-state index is -0.682. The van der Waals surface area contributed by atoms with E-state index in [0.717, 1.165) is 0 Å². The van der Waals surface area contributed by atoms with E-state index in [1.165, 1.54) is 6.07 Å². The van der Waals surface area contributed by atoms with Crippen LogP contribution in [0.1, 0.15) is 10.4 Å². The topological polar surface area (TPSA) is 114 Å². The average Bonchev–Trinajstić information content (AvgIpc) is 2.15. The van der Waals surface area contributed by atoms with Crippen LogP contribution < -0.4 is 16.9 Å². The van der Waals surface area contributed by atoms with Gasteiger partial charge in [-0.05, 0) is 12.1 Å². The summed E-state index contributed by atoms with van der Waals surface area (Å²) in [6.07, 6.45) is 0. The van der Waals surface area contributed by atoms with Crippen molar-refractivity contribution in [2.24, 2.45) is 5.73 Å². The van der Waals surface area contributed by atoms with Crippen LogP contribution in [-0.4, -0.2) is 11.9 Å². The molecule has 6 heteroatoms. The number of hydrogen-bond acceptors (Lipinski definition) is 4. The fourth-order valence-corrected chi connectivity index (χ4v) is 0.839. The molecule has 1 aromatic carbocycles. The Labute approximate surface area is 80.3 Å². The predicted octanol–water partition coefficient (Wildman–Crippen LogP) is -0.176. The Kier molecular flexibility index (Phi) is 2.90. The lowest BCUT2D eigenvalue weighted by atomic mass is 10.2. The number of benzene rings is 1. The van der Waals surface area contributed by atoms with Gasteiger partial charge in [-0.2, -0.15) is 5.48 Å². The second kappa shape index (κ2) is 4.13. The van der Waals surface area contributed by atoms with Crippen molar-refractivity contribution in [3.8, 4) is 0 Å². The third kappa shape index (κ3) is 2.37. The highest BCUT2D eigenvalue weighted by atomic mass is 16.7. The lowest BCUT2D eigenvalue weighted by Gasteiger charge is -2.05. The van der Waals surface area contributed by atoms with E-state index >= 15 is 0 Å². The van der Waals surface area contributed by atoms with Gasteiger partial charge in [0, 0.05) is 5.69 Å². The first-order chi connectivity index (χ1) is 6.61. The maximum absolute atomic E-state index is 11.3. The number of anilines is 1. The van der Waals surface area contributed by atoms with E-state index in [1.807, 2.05) is 5.48 Å². The Morgan fingerprint density at radius 3 is 2.64 bits per heavy atom. The zero-order chi connectivity index (χ0) is 10.6. The zero-order valence-electron chi connectivity index (χ0n) is 7.28. The summed E-state index contributed by atoms with van der Waals surface area (Å²) in [5.41, 5.74) is 12.9. The van der Waals surface area contributed by atoms with Gasteiger partial charge < -0.3 is 16.3 Å². The average molecular weight is 194 g/mol. The van der Waals surface area contributed by atoms with Crippen molar-refractivity contribution in [2.45, 2.75) is 0 Å². The molecule has 0 fully saturated rings. The van der Waals surface area contributed by atoms with Crippen molar-refractivity contribution in [1.82, 2.24) is 5.48 Å². The summed E-state index contributed by atoms with van der Waals surface area (Å²) in [6, 6.07) is 6.44. The fraction of sp³-hybridized carbons (Fsp3) is 0. The maximum atomic E-state index is 11.3. The van der Waals surface area contributed by atoms with Crippen molar-refractivity contribution in [3.63, 3.8) is 0 Å². The number of nitrogen functional groups attached to an aromatic ring is 1. The minimum absolute atomic E-state index is 0.223. The van der Waals surface area contributed by atoms with Gasteiger partial charge in [0.1, 0.15) is 0 Å². The van der Waals surface area contributed by atoms with Crippen LogP contribution in [0.4, 0.5) is 5.69 Å². The van der Waals surface area contributed by atoms with E-state index in [4.69, 9.17) is 16.9 Å². The molecule has 0 atom stereocenters. The second-order valence-electron chi connectivity index (χ2n) is 2.49. The quantitative estimate of drug-likeness (QED) is 0.214. The summed E-state index contributed by atoms with van der Waals surface area (Å²) in [5.74, 6) is -1.13. The van der Waals surface area contributed by atoms with Gasteiger partial charge in [0.05, 0.1) is 5.56 Å². The molecule has 6 nitrogen and oxygen atoms in total. The van der Waals surface area contributed by atoms with E-state index in [-0.39, 0.29) is 5.56 Å². The number of nitrogens with two attached hydrogens (primary N) is 2. The summed E-state index contributed by atoms with van der Waals surface area (Å²) in [6.45, 7) is 0. The smallest absolute Gasteiger partial charge is 0.365 e. The van der Waals surface area contributed by atoms with E-state index in [1.54, 1.807) is 18.2 Å². The molecule has 0 saturated heterocycles. The molecule has 0 saturated carbocycles. The lowest BCUT2D eigenvalue weighted by molar-refractivity contribution is 0.0384. The molecule has 14 heavy (non-hydrogen) atoms. The number of carbonyl (C=O) groups excluding carboxylic acids is 1. The van der Waals surface area contributed by atoms with Gasteiger partial charge in [-0.25, -0.2) is 4.79 Å². The Balaban J connectivity index is 2.70. The van der Waals surface area contributed by atoms with Crippen molar-refractivity contribution in [2.75, 3.05) is 5.73 Å². The van der Waals surface area contributed by atoms with E-state index in [9.17, 15) is 4.79 Å². The first-order valence-electron chi connectivity index (χ1n) is 3.77. The number of rotatable bonds is 1. The molecule has 0 radical (unpaired) electrons. The van der Waals surface area contributed by atoms with Crippen LogP contribution in [0.15, 0.2) is 24.3 Å². The molecule has 0 spiro atoms. The molecule has 6 N–H and O–H groups in total. The van der Waals surface area contributed by atoms with Crippen molar-refractivity contribution >= 4 is 17.6 Å². The van der Waals surface area contributed by atoms with Crippen LogP contribution in [-0.2, 0) is 4.84 Å². The lowest BCUT2D eigenvalue weighted by Crippen LogP contribution is -2.32. The standard InChI is InChI=1S/C8H10N4O2/c9-6-4-2-1-3-5(6)7(13)14-12-8(10)11/h1-4H,9H2,(H4,10,11,12). The number of para-hydroxylation sites is 1. The van der Waals surface area contributed by atoms with Gasteiger partial charge in [-0.15, -0.1) is 0 Å². The first-order valence-corrected chi connectivity index (χ1v) is 3.77. The molecule has 74 valence electrons. The molecule has 0 amide bonds. The summed E-state index contributed by atoms with van der Waals surface area (Å²) >= 11 is 0. The van der Waals surface area contributed by atoms with E-state index in [0.29, 0.717) is 5.69 Å². The third-order valence-corrected chi connectivity index (χ3v) is 1.43. The van der Waals surface area contributed by atoms with Gasteiger partial charge in [0.15, 0.2) is 0 Å². The molecule has 0 aromatic heterocycles. The van der Waals surface area contributed by atoms with Crippen molar-refractivity contribution in [3.05, 3.63) is 29.8 Å². The largest absolute Gasteiger partial charge is 0.398 e. The highest BCUT2D eigenvalue weighted by Gasteiger charge is 2.10. The first kappa shape index (κ1) is 9.85. The van der Waals surface area contributed by atoms with Crippen LogP contribution >= 0.6 is 0 Å². The van der Waals surface area contributed by atoms with Gasteiger partial charge in [0.2, 0.25) is 5.96 Å². The van der Waals surface area contributed by atoms with Crippen LogP contribution in [0.3, 0.4) is 0 Å². The monoisotopic (exact) mass is 194 g/mol. The van der Waals surface area contributed by atoms with Gasteiger partial charge >= 0.3 is 5.97 Å². The van der Waals surface area contributed by atoms with Crippen LogP contribution in [0.5, 0.6) is 0 Å². The number of hydrogen-bond donors (Lipinski definition) is 4. The van der Waals surface area contributed by atoms with Gasteiger partial charge in [-0.3, -0.25) is 5.41 Å². The Morgan fingerprint density at radius 2 is 2.07 bits per heavy atom. The predicted molar refractivity (Wildman–Crippen MR) is 51.3 cm³/mol. The summed E-state index contributed by atoms with van der Waals surface area (Å²) in [7, 11) is 0. The highest BCUT2D eigenvalue weighted by molar-refractivity contribution is 5.95. The molecule has 0 heterocycles. The molecule has 0 unspecified atom stereocenters. The number of guanidine groups is 1. The Hall–Kier alpha value is -2.24. The second-order valence-corrected chi connectivity index (χ2v) is 2.49. The van der Waals surface area contributed by atoms with Crippen LogP contribution in [0.2, 0.25) is 0 Å². The summed E-state index contributed by atoms with van der Waals surface area (Å²) < 4.78 is 0. The minimum Gasteiger partial charge on any atom is -0.398 e. The zero-order valence-corrected chi connectivity index (χ0v) is 7.28. The summed E-state index contributed by atoms with van der Waals surface area (Å²) in [5, 5.41) is 6.76. The Bertz CT molecular complexity index is 364. The maximum Gasteiger partial charge on any atom is 0.365 e. The molecule has 0 aliphatic rings. The Morgan fingerprint density at radius 1 is 1.43 bits per heavy atom. The molecule has 1 aromatic rings. The van der Waals surface area contributed by atoms with E-state index < -0.39 is 11.9 Å². The molecule has 1 rings (SSSR count). The molecular formula is C8H10N4O2. The molecule has 0 bridgehead atoms. The van der Waals surface area contributed by atoms with Crippen LogP contribution in [0.25, 0.3) is 0 Å². The van der Waals surface area contributed by atoms with Gasteiger partial charge in [0.25, 0.3) is 0 Å². The molecular weight excluding hydrogens is 184 g/mol. The fourth-order valence-electron chi connectivity index (χ4n) is 0.839. The SMILES string of the molecule is N=C(N)NOC(=O)c1ccccc1N. The van der Waals surface area contributed by atoms with Gasteiger partial charge in [-0.1, -0.05) is 12.1 Å². The number of carbonyl (C=O) groups is 1. The third-order valence-electron chi connectivity index (χ3n) is 1.43. The normalized spacial score (nSPS) is 9.14. The van der Waals surface area contributed by atoms with Crippen molar-refractivity contribution < 1.29 is 9.63 Å². The summed E-state index contributed by atoms with van der Waals surface area (Å²) in [4.78, 5) is 15.7.